The van der Waals surface area contributed by atoms with E-state index in [0.717, 1.165) is 31.2 Å². The molecular formula is C25H34N2O6S. The standard InChI is InChI=1S/C25H34N2O6S/c1-2-3-12-26(13-9-16-28)22-17-21(25(29)30)18-23(34(31,32)27-14-7-8-15-27)24(22)33-19-20-10-5-4-6-11-20/h4-6,10-11,17-18,28H,2-3,7-9,12-16,19H2,1H3,(H,29,30). The van der Waals surface area contributed by atoms with Crippen LogP contribution in [0, 0.1) is 0 Å². The fourth-order valence-electron chi connectivity index (χ4n) is 4.04. The lowest BCUT2D eigenvalue weighted by molar-refractivity contribution is 0.0696. The Balaban J connectivity index is 2.16. The van der Waals surface area contributed by atoms with Gasteiger partial charge in [-0.05, 0) is 43.4 Å². The second-order valence-electron chi connectivity index (χ2n) is 8.43. The van der Waals surface area contributed by atoms with Gasteiger partial charge in [-0.25, -0.2) is 13.2 Å². The molecule has 1 aliphatic rings. The molecule has 0 aliphatic carbocycles. The topological polar surface area (TPSA) is 107 Å². The molecule has 0 atom stereocenters. The first-order valence-corrected chi connectivity index (χ1v) is 13.3. The van der Waals surface area contributed by atoms with Crippen molar-refractivity contribution in [2.45, 2.75) is 50.5 Å². The average Bonchev–Trinajstić information content (AvgIpc) is 3.39. The number of aromatic carboxylic acids is 1. The number of unbranched alkanes of at least 4 members (excludes halogenated alkanes) is 1. The molecule has 1 heterocycles. The highest BCUT2D eigenvalue weighted by molar-refractivity contribution is 7.89. The number of benzene rings is 2. The van der Waals surface area contributed by atoms with Crippen molar-refractivity contribution in [3.05, 3.63) is 53.6 Å². The molecule has 186 valence electrons. The van der Waals surface area contributed by atoms with Crippen LogP contribution in [-0.2, 0) is 16.6 Å². The van der Waals surface area contributed by atoms with Crippen LogP contribution in [0.25, 0.3) is 0 Å². The van der Waals surface area contributed by atoms with Gasteiger partial charge in [-0.2, -0.15) is 4.31 Å². The Hall–Kier alpha value is -2.62. The van der Waals surface area contributed by atoms with Crippen molar-refractivity contribution in [2.24, 2.45) is 0 Å². The van der Waals surface area contributed by atoms with Gasteiger partial charge in [-0.3, -0.25) is 0 Å². The van der Waals surface area contributed by atoms with E-state index in [1.807, 2.05) is 42.2 Å². The smallest absolute Gasteiger partial charge is 0.335 e. The Kier molecular flexibility index (Phi) is 9.32. The zero-order valence-electron chi connectivity index (χ0n) is 19.6. The number of ether oxygens (including phenoxy) is 1. The number of hydrogen-bond donors (Lipinski definition) is 2. The Bertz CT molecular complexity index is 1040. The zero-order chi connectivity index (χ0) is 24.6. The Morgan fingerprint density at radius 3 is 2.38 bits per heavy atom. The lowest BCUT2D eigenvalue weighted by atomic mass is 10.1. The molecule has 2 aromatic carbocycles. The van der Waals surface area contributed by atoms with E-state index in [2.05, 4.69) is 0 Å². The summed E-state index contributed by atoms with van der Waals surface area (Å²) in [6.07, 6.45) is 3.74. The first-order valence-electron chi connectivity index (χ1n) is 11.8. The van der Waals surface area contributed by atoms with Crippen molar-refractivity contribution in [1.82, 2.24) is 4.31 Å². The molecule has 2 aromatic rings. The summed E-state index contributed by atoms with van der Waals surface area (Å²) in [7, 11) is -3.96. The molecule has 1 saturated heterocycles. The number of carboxylic acids is 1. The lowest BCUT2D eigenvalue weighted by Crippen LogP contribution is -2.31. The summed E-state index contributed by atoms with van der Waals surface area (Å²) in [5, 5.41) is 19.2. The minimum absolute atomic E-state index is 0.0274. The number of aliphatic hydroxyl groups is 1. The third-order valence-electron chi connectivity index (χ3n) is 5.90. The van der Waals surface area contributed by atoms with Gasteiger partial charge in [0.15, 0.2) is 5.75 Å². The van der Waals surface area contributed by atoms with Crippen LogP contribution in [0.15, 0.2) is 47.4 Å². The minimum atomic E-state index is -3.96. The van der Waals surface area contributed by atoms with E-state index in [-0.39, 0.29) is 29.4 Å². The lowest BCUT2D eigenvalue weighted by Gasteiger charge is -2.29. The minimum Gasteiger partial charge on any atom is -0.485 e. The first-order chi connectivity index (χ1) is 16.4. The first kappa shape index (κ1) is 26.0. The molecule has 0 spiro atoms. The average molecular weight is 491 g/mol. The predicted molar refractivity (Wildman–Crippen MR) is 131 cm³/mol. The number of hydrogen-bond acceptors (Lipinski definition) is 6. The molecule has 9 heteroatoms. The second-order valence-corrected chi connectivity index (χ2v) is 10.3. The molecule has 0 unspecified atom stereocenters. The van der Waals surface area contributed by atoms with Gasteiger partial charge in [0, 0.05) is 32.8 Å². The molecule has 3 rings (SSSR count). The summed E-state index contributed by atoms with van der Waals surface area (Å²) >= 11 is 0. The van der Waals surface area contributed by atoms with E-state index in [9.17, 15) is 23.4 Å². The second kappa shape index (κ2) is 12.2. The molecule has 34 heavy (non-hydrogen) atoms. The fourth-order valence-corrected chi connectivity index (χ4v) is 5.73. The van der Waals surface area contributed by atoms with Gasteiger partial charge in [-0.1, -0.05) is 43.7 Å². The molecule has 0 radical (unpaired) electrons. The van der Waals surface area contributed by atoms with Crippen molar-refractivity contribution >= 4 is 21.7 Å². The van der Waals surface area contributed by atoms with Crippen molar-refractivity contribution < 1.29 is 28.2 Å². The fraction of sp³-hybridized carbons (Fsp3) is 0.480. The summed E-state index contributed by atoms with van der Waals surface area (Å²) in [6, 6.07) is 12.1. The van der Waals surface area contributed by atoms with Gasteiger partial charge in [0.05, 0.1) is 11.3 Å². The number of carboxylic acid groups (broad SMARTS) is 1. The van der Waals surface area contributed by atoms with E-state index in [1.165, 1.54) is 16.4 Å². The molecule has 0 bridgehead atoms. The van der Waals surface area contributed by atoms with Gasteiger partial charge in [0.25, 0.3) is 0 Å². The summed E-state index contributed by atoms with van der Waals surface area (Å²) in [5.74, 6) is -1.04. The van der Waals surface area contributed by atoms with Crippen LogP contribution in [0.5, 0.6) is 5.75 Å². The number of sulfonamides is 1. The molecule has 0 amide bonds. The SMILES string of the molecule is CCCCN(CCCO)c1cc(C(=O)O)cc(S(=O)(=O)N2CCCC2)c1OCc1ccccc1. The van der Waals surface area contributed by atoms with Gasteiger partial charge >= 0.3 is 5.97 Å². The van der Waals surface area contributed by atoms with Crippen LogP contribution in [0.3, 0.4) is 0 Å². The van der Waals surface area contributed by atoms with Crippen LogP contribution in [0.2, 0.25) is 0 Å². The van der Waals surface area contributed by atoms with Crippen molar-refractivity contribution in [1.29, 1.82) is 0 Å². The molecule has 8 nitrogen and oxygen atoms in total. The van der Waals surface area contributed by atoms with Gasteiger partial charge in [0.2, 0.25) is 10.0 Å². The molecule has 0 aromatic heterocycles. The normalized spacial score (nSPS) is 14.3. The highest BCUT2D eigenvalue weighted by Crippen LogP contribution is 2.39. The van der Waals surface area contributed by atoms with Crippen LogP contribution in [0.1, 0.15) is 54.9 Å². The largest absolute Gasteiger partial charge is 0.485 e. The maximum atomic E-state index is 13.6. The van der Waals surface area contributed by atoms with Gasteiger partial charge < -0.3 is 19.8 Å². The van der Waals surface area contributed by atoms with Crippen LogP contribution >= 0.6 is 0 Å². The van der Waals surface area contributed by atoms with E-state index >= 15 is 0 Å². The Morgan fingerprint density at radius 2 is 1.76 bits per heavy atom. The van der Waals surface area contributed by atoms with Gasteiger partial charge in [0.1, 0.15) is 11.5 Å². The quantitative estimate of drug-likeness (QED) is 0.440. The Labute approximate surface area is 201 Å². The predicted octanol–water partition coefficient (Wildman–Crippen LogP) is 3.74. The highest BCUT2D eigenvalue weighted by Gasteiger charge is 2.33. The monoisotopic (exact) mass is 490 g/mol. The number of anilines is 1. The van der Waals surface area contributed by atoms with E-state index in [1.54, 1.807) is 0 Å². The number of rotatable bonds is 13. The number of aliphatic hydroxyl groups excluding tert-OH is 1. The molecule has 1 aliphatic heterocycles. The van der Waals surface area contributed by atoms with Crippen molar-refractivity contribution in [3.8, 4) is 5.75 Å². The summed E-state index contributed by atoms with van der Waals surface area (Å²) in [6.45, 7) is 4.00. The molecule has 0 saturated carbocycles. The third-order valence-corrected chi connectivity index (χ3v) is 7.80. The number of nitrogens with zero attached hydrogens (tertiary/aromatic N) is 2. The van der Waals surface area contributed by atoms with Crippen LogP contribution in [0.4, 0.5) is 5.69 Å². The summed E-state index contributed by atoms with van der Waals surface area (Å²) in [4.78, 5) is 13.8. The summed E-state index contributed by atoms with van der Waals surface area (Å²) in [5.41, 5.74) is 1.19. The molecule has 1 fully saturated rings. The third kappa shape index (κ3) is 6.28. The van der Waals surface area contributed by atoms with E-state index in [4.69, 9.17) is 4.74 Å². The zero-order valence-corrected chi connectivity index (χ0v) is 20.5. The van der Waals surface area contributed by atoms with Crippen molar-refractivity contribution in [3.63, 3.8) is 0 Å². The maximum absolute atomic E-state index is 13.6. The number of carbonyl (C=O) groups is 1. The van der Waals surface area contributed by atoms with E-state index < -0.39 is 16.0 Å². The molecule has 2 N–H and O–H groups in total. The van der Waals surface area contributed by atoms with E-state index in [0.29, 0.717) is 38.3 Å². The summed E-state index contributed by atoms with van der Waals surface area (Å²) < 4.78 is 34.9. The van der Waals surface area contributed by atoms with Gasteiger partial charge in [-0.15, -0.1) is 0 Å². The molecular weight excluding hydrogens is 456 g/mol. The maximum Gasteiger partial charge on any atom is 0.335 e. The van der Waals surface area contributed by atoms with Crippen LogP contribution < -0.4 is 9.64 Å². The van der Waals surface area contributed by atoms with Crippen molar-refractivity contribution in [2.75, 3.05) is 37.7 Å². The Morgan fingerprint density at radius 1 is 1.09 bits per heavy atom. The highest BCUT2D eigenvalue weighted by atomic mass is 32.2. The van der Waals surface area contributed by atoms with Crippen LogP contribution in [-0.4, -0.2) is 61.7 Å².